The number of hydrogen-bond acceptors (Lipinski definition) is 5. The van der Waals surface area contributed by atoms with E-state index < -0.39 is 48.1 Å². The molecule has 0 radical (unpaired) electrons. The lowest BCUT2D eigenvalue weighted by atomic mass is 10.00. The Hall–Kier alpha value is -4.28. The van der Waals surface area contributed by atoms with Gasteiger partial charge < -0.3 is 26.0 Å². The Labute approximate surface area is 201 Å². The Morgan fingerprint density at radius 1 is 1.11 bits per heavy atom. The van der Waals surface area contributed by atoms with Crippen LogP contribution in [0, 0.1) is 11.2 Å². The van der Waals surface area contributed by atoms with Gasteiger partial charge in [0.25, 0.3) is 5.91 Å². The second-order valence-electron chi connectivity index (χ2n) is 8.10. The summed E-state index contributed by atoms with van der Waals surface area (Å²) in [5.41, 5.74) is 6.48. The van der Waals surface area contributed by atoms with Crippen molar-refractivity contribution in [3.8, 4) is 0 Å². The summed E-state index contributed by atoms with van der Waals surface area (Å²) in [5, 5.41) is 19.6. The minimum absolute atomic E-state index is 0.150. The van der Waals surface area contributed by atoms with Gasteiger partial charge in [-0.25, -0.2) is 4.39 Å². The molecule has 5 N–H and O–H groups in total. The highest BCUT2D eigenvalue weighted by molar-refractivity contribution is 6.35. The van der Waals surface area contributed by atoms with Crippen LogP contribution in [0.2, 0.25) is 0 Å². The van der Waals surface area contributed by atoms with E-state index in [4.69, 9.17) is 11.1 Å². The highest BCUT2D eigenvalue weighted by Crippen LogP contribution is 2.28. The second-order valence-corrected chi connectivity index (χ2v) is 8.10. The van der Waals surface area contributed by atoms with Gasteiger partial charge in [0.1, 0.15) is 17.8 Å². The van der Waals surface area contributed by atoms with E-state index in [2.05, 4.69) is 5.32 Å². The van der Waals surface area contributed by atoms with Crippen LogP contribution in [-0.2, 0) is 14.4 Å². The van der Waals surface area contributed by atoms with Gasteiger partial charge in [-0.3, -0.25) is 24.6 Å². The number of rotatable bonds is 9. The summed E-state index contributed by atoms with van der Waals surface area (Å²) >= 11 is 0. The lowest BCUT2D eigenvalue weighted by molar-refractivity contribution is -0.162. The maximum absolute atomic E-state index is 13.4. The van der Waals surface area contributed by atoms with Gasteiger partial charge in [0.05, 0.1) is 19.0 Å². The number of amidine groups is 1. The summed E-state index contributed by atoms with van der Waals surface area (Å²) in [5.74, 6) is -4.17. The van der Waals surface area contributed by atoms with Crippen molar-refractivity contribution in [1.29, 1.82) is 5.41 Å². The number of nitrogens with one attached hydrogen (secondary N) is 2. The van der Waals surface area contributed by atoms with Crippen molar-refractivity contribution in [3.63, 3.8) is 0 Å². The highest BCUT2D eigenvalue weighted by atomic mass is 19.1. The largest absolute Gasteiger partial charge is 0.481 e. The van der Waals surface area contributed by atoms with Gasteiger partial charge in [-0.1, -0.05) is 31.2 Å². The summed E-state index contributed by atoms with van der Waals surface area (Å²) in [6.45, 7) is 1.86. The first-order valence-electron chi connectivity index (χ1n) is 11.0. The molecule has 11 heteroatoms. The summed E-state index contributed by atoms with van der Waals surface area (Å²) < 4.78 is 13.4. The molecule has 2 aromatic rings. The maximum atomic E-state index is 13.4. The number of carbonyl (C=O) groups is 4. The van der Waals surface area contributed by atoms with Crippen molar-refractivity contribution >= 4 is 29.5 Å². The van der Waals surface area contributed by atoms with E-state index in [9.17, 15) is 28.7 Å². The lowest BCUT2D eigenvalue weighted by Gasteiger charge is -2.43. The fourth-order valence-corrected chi connectivity index (χ4v) is 3.94. The number of halogens is 1. The number of aliphatic carboxylic acids is 1. The summed E-state index contributed by atoms with van der Waals surface area (Å²) in [7, 11) is 0. The number of nitrogens with zero attached hydrogens (tertiary/aromatic N) is 2. The molecule has 0 aliphatic carbocycles. The first kappa shape index (κ1) is 25.3. The lowest BCUT2D eigenvalue weighted by Crippen LogP contribution is -2.65. The van der Waals surface area contributed by atoms with E-state index in [1.54, 1.807) is 0 Å². The molecule has 1 fully saturated rings. The monoisotopic (exact) mass is 483 g/mol. The molecule has 0 spiro atoms. The van der Waals surface area contributed by atoms with Crippen molar-refractivity contribution in [1.82, 2.24) is 15.1 Å². The van der Waals surface area contributed by atoms with E-state index in [1.807, 2.05) is 6.92 Å². The van der Waals surface area contributed by atoms with Gasteiger partial charge in [-0.15, -0.1) is 0 Å². The van der Waals surface area contributed by atoms with Crippen LogP contribution in [0.25, 0.3) is 0 Å². The highest BCUT2D eigenvalue weighted by Gasteiger charge is 2.43. The Bertz CT molecular complexity index is 1140. The molecule has 35 heavy (non-hydrogen) atoms. The van der Waals surface area contributed by atoms with E-state index >= 15 is 0 Å². The zero-order valence-corrected chi connectivity index (χ0v) is 19.0. The Morgan fingerprint density at radius 3 is 2.26 bits per heavy atom. The van der Waals surface area contributed by atoms with Gasteiger partial charge in [0.2, 0.25) is 0 Å². The molecule has 1 saturated heterocycles. The number of hydrogen-bond donors (Lipinski definition) is 4. The van der Waals surface area contributed by atoms with Gasteiger partial charge in [-0.05, 0) is 36.2 Å². The Morgan fingerprint density at radius 2 is 1.71 bits per heavy atom. The van der Waals surface area contributed by atoms with Gasteiger partial charge in [0.15, 0.2) is 0 Å². The molecular weight excluding hydrogens is 457 g/mol. The van der Waals surface area contributed by atoms with Crippen LogP contribution in [0.3, 0.4) is 0 Å². The topological polar surface area (TPSA) is 157 Å². The second kappa shape index (κ2) is 10.8. The third-order valence-corrected chi connectivity index (χ3v) is 5.67. The SMILES string of the molecule is CCCN1C(=O)C(=O)N(C(CC(=O)O)c2ccc(F)cc2)CC1NC(=O)c1ccc(C(=N)N)cc1. The number of nitrogens with two attached hydrogens (primary N) is 1. The van der Waals surface area contributed by atoms with Crippen LogP contribution >= 0.6 is 0 Å². The Kier molecular flexibility index (Phi) is 7.80. The van der Waals surface area contributed by atoms with Crippen LogP contribution in [0.1, 0.15) is 47.3 Å². The summed E-state index contributed by atoms with van der Waals surface area (Å²) in [6.07, 6.45) is -0.905. The van der Waals surface area contributed by atoms with E-state index in [0.717, 1.165) is 17.0 Å². The van der Waals surface area contributed by atoms with Crippen molar-refractivity contribution < 1.29 is 28.7 Å². The molecular formula is C24H26FN5O5. The van der Waals surface area contributed by atoms with Crippen LogP contribution in [-0.4, -0.2) is 63.7 Å². The van der Waals surface area contributed by atoms with Gasteiger partial charge in [-0.2, -0.15) is 0 Å². The molecule has 2 atom stereocenters. The molecule has 3 rings (SSSR count). The first-order valence-corrected chi connectivity index (χ1v) is 11.0. The fourth-order valence-electron chi connectivity index (χ4n) is 3.94. The first-order chi connectivity index (χ1) is 16.6. The smallest absolute Gasteiger partial charge is 0.313 e. The maximum Gasteiger partial charge on any atom is 0.313 e. The van der Waals surface area contributed by atoms with Crippen LogP contribution in [0.4, 0.5) is 4.39 Å². The van der Waals surface area contributed by atoms with Crippen LogP contribution in [0.15, 0.2) is 48.5 Å². The molecule has 1 aliphatic heterocycles. The average molecular weight is 484 g/mol. The predicted molar refractivity (Wildman–Crippen MR) is 124 cm³/mol. The average Bonchev–Trinajstić information content (AvgIpc) is 2.82. The number of amides is 3. The number of carboxylic acid groups (broad SMARTS) is 1. The van der Waals surface area contributed by atoms with Crippen molar-refractivity contribution in [3.05, 3.63) is 71.0 Å². The minimum Gasteiger partial charge on any atom is -0.481 e. The molecule has 0 aromatic heterocycles. The molecule has 10 nitrogen and oxygen atoms in total. The molecule has 2 unspecified atom stereocenters. The zero-order chi connectivity index (χ0) is 25.7. The van der Waals surface area contributed by atoms with Crippen molar-refractivity contribution in [2.24, 2.45) is 5.73 Å². The van der Waals surface area contributed by atoms with E-state index in [0.29, 0.717) is 17.5 Å². The standard InChI is InChI=1S/C24H26FN5O5/c1-2-11-29-19(28-22(33)16-5-3-15(4-6-16)21(26)27)13-30(24(35)23(29)34)18(12-20(31)32)14-7-9-17(25)10-8-14/h3-10,18-19H,2,11-13H2,1H3,(H3,26,27)(H,28,33)(H,31,32). The molecule has 1 heterocycles. The number of carboxylic acids is 1. The third-order valence-electron chi connectivity index (χ3n) is 5.67. The molecule has 2 aromatic carbocycles. The van der Waals surface area contributed by atoms with Crippen molar-refractivity contribution in [2.45, 2.75) is 32.0 Å². The minimum atomic E-state index is -1.21. The molecule has 0 bridgehead atoms. The normalized spacial score (nSPS) is 16.7. The number of piperazine rings is 1. The molecule has 184 valence electrons. The van der Waals surface area contributed by atoms with E-state index in [-0.39, 0.29) is 24.5 Å². The molecule has 3 amide bonds. The number of nitrogen functional groups attached to an aromatic ring is 1. The summed E-state index contributed by atoms with van der Waals surface area (Å²) in [6, 6.07) is 9.97. The fraction of sp³-hybridized carbons (Fsp3) is 0.292. The van der Waals surface area contributed by atoms with Crippen LogP contribution in [0.5, 0.6) is 0 Å². The quantitative estimate of drug-likeness (QED) is 0.240. The number of carbonyl (C=O) groups excluding carboxylic acids is 3. The van der Waals surface area contributed by atoms with Crippen molar-refractivity contribution in [2.75, 3.05) is 13.1 Å². The van der Waals surface area contributed by atoms with Gasteiger partial charge in [0, 0.05) is 17.7 Å². The zero-order valence-electron chi connectivity index (χ0n) is 19.0. The number of benzene rings is 2. The Balaban J connectivity index is 1.91. The third kappa shape index (κ3) is 5.81. The van der Waals surface area contributed by atoms with Gasteiger partial charge >= 0.3 is 17.8 Å². The van der Waals surface area contributed by atoms with E-state index in [1.165, 1.54) is 41.3 Å². The molecule has 0 saturated carbocycles. The summed E-state index contributed by atoms with van der Waals surface area (Å²) in [4.78, 5) is 52.8. The van der Waals surface area contributed by atoms with Crippen LogP contribution < -0.4 is 11.1 Å². The molecule has 1 aliphatic rings. The predicted octanol–water partition coefficient (Wildman–Crippen LogP) is 1.46.